The van der Waals surface area contributed by atoms with E-state index in [4.69, 9.17) is 16.3 Å². The second-order valence-electron chi connectivity index (χ2n) is 9.58. The Morgan fingerprint density at radius 1 is 1.19 bits per heavy atom. The minimum Gasteiger partial charge on any atom is -0.444 e. The number of carbonyl (C=O) groups is 2. The lowest BCUT2D eigenvalue weighted by Gasteiger charge is -2.30. The van der Waals surface area contributed by atoms with Crippen molar-refractivity contribution in [3.8, 4) is 11.1 Å². The summed E-state index contributed by atoms with van der Waals surface area (Å²) in [5.74, 6) is 0.168. The number of carbonyl (C=O) groups excluding carboxylic acids is 2. The normalized spacial score (nSPS) is 20.5. The summed E-state index contributed by atoms with van der Waals surface area (Å²) in [4.78, 5) is 29.4. The van der Waals surface area contributed by atoms with Crippen LogP contribution in [0.1, 0.15) is 58.6 Å². The summed E-state index contributed by atoms with van der Waals surface area (Å²) in [6.45, 7) is 6.41. The van der Waals surface area contributed by atoms with Gasteiger partial charge in [0.2, 0.25) is 5.91 Å². The second kappa shape index (κ2) is 9.10. The summed E-state index contributed by atoms with van der Waals surface area (Å²) < 4.78 is 7.35. The van der Waals surface area contributed by atoms with E-state index in [9.17, 15) is 9.59 Å². The van der Waals surface area contributed by atoms with E-state index in [1.807, 2.05) is 37.7 Å². The first kappa shape index (κ1) is 22.6. The first-order chi connectivity index (χ1) is 15.2. The summed E-state index contributed by atoms with van der Waals surface area (Å²) in [5, 5.41) is 10.8. The zero-order valence-corrected chi connectivity index (χ0v) is 19.5. The van der Waals surface area contributed by atoms with Crippen molar-refractivity contribution in [1.29, 1.82) is 0 Å². The number of hydrogen-bond acceptors (Lipinski definition) is 5. The van der Waals surface area contributed by atoms with Gasteiger partial charge in [0.25, 0.3) is 0 Å². The number of fused-ring (bicyclic) bond motifs is 1. The summed E-state index contributed by atoms with van der Waals surface area (Å²) in [6.07, 6.45) is 8.03. The van der Waals surface area contributed by atoms with Crippen LogP contribution in [0.25, 0.3) is 11.1 Å². The topological polar surface area (TPSA) is 98.1 Å². The highest BCUT2D eigenvalue weighted by atomic mass is 35.5. The number of rotatable bonds is 4. The van der Waals surface area contributed by atoms with E-state index in [0.717, 1.165) is 49.8 Å². The number of nitrogens with zero attached hydrogens (tertiary/aromatic N) is 3. The van der Waals surface area contributed by atoms with Crippen molar-refractivity contribution in [2.24, 2.45) is 5.92 Å². The molecule has 2 aromatic heterocycles. The van der Waals surface area contributed by atoms with Crippen molar-refractivity contribution in [3.63, 3.8) is 0 Å². The Kier molecular flexibility index (Phi) is 6.42. The smallest absolute Gasteiger partial charge is 0.407 e. The van der Waals surface area contributed by atoms with E-state index in [-0.39, 0.29) is 17.9 Å². The quantitative estimate of drug-likeness (QED) is 0.698. The lowest BCUT2D eigenvalue weighted by Crippen LogP contribution is -2.43. The van der Waals surface area contributed by atoms with E-state index >= 15 is 0 Å². The average Bonchev–Trinajstić information content (AvgIpc) is 3.32. The Hall–Kier alpha value is -2.61. The highest BCUT2D eigenvalue weighted by molar-refractivity contribution is 6.33. The Morgan fingerprint density at radius 3 is 2.78 bits per heavy atom. The molecule has 0 unspecified atom stereocenters. The van der Waals surface area contributed by atoms with E-state index in [0.29, 0.717) is 17.3 Å². The van der Waals surface area contributed by atoms with Gasteiger partial charge in [-0.1, -0.05) is 18.0 Å². The summed E-state index contributed by atoms with van der Waals surface area (Å²) in [5.41, 5.74) is 2.43. The van der Waals surface area contributed by atoms with Crippen LogP contribution in [0.4, 0.5) is 10.6 Å². The van der Waals surface area contributed by atoms with Crippen LogP contribution in [-0.4, -0.2) is 38.4 Å². The molecule has 8 nitrogen and oxygen atoms in total. The number of halogens is 1. The molecule has 2 aromatic rings. The zero-order valence-electron chi connectivity index (χ0n) is 18.8. The van der Waals surface area contributed by atoms with Crippen LogP contribution in [-0.2, 0) is 22.5 Å². The first-order valence-corrected chi connectivity index (χ1v) is 11.6. The molecule has 172 valence electrons. The number of pyridine rings is 1. The van der Waals surface area contributed by atoms with Crippen molar-refractivity contribution in [2.75, 3.05) is 5.32 Å². The largest absolute Gasteiger partial charge is 0.444 e. The molecule has 2 amide bonds. The molecule has 0 saturated heterocycles. The molecule has 0 aromatic carbocycles. The van der Waals surface area contributed by atoms with Gasteiger partial charge in [-0.2, -0.15) is 5.10 Å². The fraction of sp³-hybridized carbons (Fsp3) is 0.565. The number of amides is 2. The van der Waals surface area contributed by atoms with Crippen molar-refractivity contribution < 1.29 is 14.3 Å². The molecule has 2 aliphatic rings. The molecule has 3 heterocycles. The van der Waals surface area contributed by atoms with Crippen molar-refractivity contribution >= 4 is 29.4 Å². The molecule has 0 bridgehead atoms. The number of nitrogens with one attached hydrogen (secondary N) is 2. The lowest BCUT2D eigenvalue weighted by atomic mass is 9.85. The van der Waals surface area contributed by atoms with Crippen LogP contribution in [0.15, 0.2) is 18.5 Å². The van der Waals surface area contributed by atoms with Gasteiger partial charge in [0, 0.05) is 41.5 Å². The monoisotopic (exact) mass is 459 g/mol. The number of aryl methyl sites for hydroxylation is 1. The number of hydrogen-bond donors (Lipinski definition) is 2. The van der Waals surface area contributed by atoms with Crippen LogP contribution >= 0.6 is 11.6 Å². The van der Waals surface area contributed by atoms with Gasteiger partial charge in [-0.05, 0) is 58.9 Å². The van der Waals surface area contributed by atoms with Gasteiger partial charge in [0.05, 0.1) is 11.2 Å². The molecule has 4 rings (SSSR count). The van der Waals surface area contributed by atoms with E-state index in [1.165, 1.54) is 5.69 Å². The molecule has 1 fully saturated rings. The second-order valence-corrected chi connectivity index (χ2v) is 9.98. The highest BCUT2D eigenvalue weighted by Gasteiger charge is 2.30. The molecular formula is C23H30ClN5O3. The van der Waals surface area contributed by atoms with Gasteiger partial charge in [-0.25, -0.2) is 9.78 Å². The predicted molar refractivity (Wildman–Crippen MR) is 123 cm³/mol. The zero-order chi connectivity index (χ0) is 22.9. The third-order valence-corrected chi connectivity index (χ3v) is 6.20. The standard InChI is InChI=1S/C23H30ClN5O3/c1-23(2,3)32-22(31)27-15-7-4-6-14(10-15)21(30)28-20-11-16(18(24)13-25-20)17-12-26-29-9-5-8-19(17)29/h11-15H,4-10H2,1-3H3,(H,27,31)(H,25,28,30)/t14-,15+/m0/s1. The fourth-order valence-electron chi connectivity index (χ4n) is 4.46. The van der Waals surface area contributed by atoms with Crippen LogP contribution in [0.2, 0.25) is 5.02 Å². The molecule has 0 radical (unpaired) electrons. The van der Waals surface area contributed by atoms with Gasteiger partial charge in [0.1, 0.15) is 11.4 Å². The highest BCUT2D eigenvalue weighted by Crippen LogP contribution is 2.34. The Bertz CT molecular complexity index is 1010. The van der Waals surface area contributed by atoms with Crippen LogP contribution < -0.4 is 10.6 Å². The average molecular weight is 460 g/mol. The van der Waals surface area contributed by atoms with Crippen LogP contribution in [0, 0.1) is 5.92 Å². The molecule has 0 spiro atoms. The van der Waals surface area contributed by atoms with Gasteiger partial charge < -0.3 is 15.4 Å². The SMILES string of the molecule is CC(C)(C)OC(=O)N[C@@H]1CCC[C@H](C(=O)Nc2cc(-c3cnn4c3CCC4)c(Cl)cn2)C1. The summed E-state index contributed by atoms with van der Waals surface area (Å²) in [7, 11) is 0. The van der Waals surface area contributed by atoms with Crippen molar-refractivity contribution in [2.45, 2.75) is 77.5 Å². The molecular weight excluding hydrogens is 430 g/mol. The van der Waals surface area contributed by atoms with E-state index in [2.05, 4.69) is 20.7 Å². The van der Waals surface area contributed by atoms with Gasteiger partial charge in [-0.3, -0.25) is 9.48 Å². The maximum absolute atomic E-state index is 13.0. The Morgan fingerprint density at radius 2 is 2.00 bits per heavy atom. The minimum absolute atomic E-state index is 0.0851. The summed E-state index contributed by atoms with van der Waals surface area (Å²) in [6, 6.07) is 1.73. The molecule has 1 aliphatic carbocycles. The molecule has 2 atom stereocenters. The van der Waals surface area contributed by atoms with Gasteiger partial charge >= 0.3 is 6.09 Å². The molecule has 1 aliphatic heterocycles. The third kappa shape index (κ3) is 5.23. The van der Waals surface area contributed by atoms with Gasteiger partial charge in [-0.15, -0.1) is 0 Å². The Labute approximate surface area is 193 Å². The lowest BCUT2D eigenvalue weighted by molar-refractivity contribution is -0.121. The molecule has 1 saturated carbocycles. The minimum atomic E-state index is -0.552. The predicted octanol–water partition coefficient (Wildman–Crippen LogP) is 4.57. The fourth-order valence-corrected chi connectivity index (χ4v) is 4.67. The number of aromatic nitrogens is 3. The third-order valence-electron chi connectivity index (χ3n) is 5.89. The summed E-state index contributed by atoms with van der Waals surface area (Å²) >= 11 is 6.42. The molecule has 2 N–H and O–H groups in total. The van der Waals surface area contributed by atoms with Crippen LogP contribution in [0.3, 0.4) is 0 Å². The van der Waals surface area contributed by atoms with Crippen LogP contribution in [0.5, 0.6) is 0 Å². The molecule has 9 heteroatoms. The molecule has 32 heavy (non-hydrogen) atoms. The van der Waals surface area contributed by atoms with Crippen molar-refractivity contribution in [3.05, 3.63) is 29.2 Å². The number of alkyl carbamates (subject to hydrolysis) is 1. The first-order valence-electron chi connectivity index (χ1n) is 11.2. The maximum Gasteiger partial charge on any atom is 0.407 e. The van der Waals surface area contributed by atoms with E-state index < -0.39 is 11.7 Å². The van der Waals surface area contributed by atoms with Crippen molar-refractivity contribution in [1.82, 2.24) is 20.1 Å². The number of ether oxygens (including phenoxy) is 1. The van der Waals surface area contributed by atoms with E-state index in [1.54, 1.807) is 6.20 Å². The number of anilines is 1. The maximum atomic E-state index is 13.0. The Balaban J connectivity index is 1.41. The van der Waals surface area contributed by atoms with Gasteiger partial charge in [0.15, 0.2) is 0 Å².